The highest BCUT2D eigenvalue weighted by molar-refractivity contribution is 6.30. The maximum absolute atomic E-state index is 2.55. The zero-order valence-electron chi connectivity index (χ0n) is 27.6. The van der Waals surface area contributed by atoms with Crippen LogP contribution in [0.4, 0.5) is 0 Å². The number of hydrogen-bond donors (Lipinski definition) is 0. The Morgan fingerprint density at radius 1 is 0.235 bits per heavy atom. The fourth-order valence-electron chi connectivity index (χ4n) is 9.22. The van der Waals surface area contributed by atoms with Gasteiger partial charge in [0.2, 0.25) is 0 Å². The van der Waals surface area contributed by atoms with Crippen molar-refractivity contribution in [3.8, 4) is 5.69 Å². The zero-order valence-corrected chi connectivity index (χ0v) is 27.6. The van der Waals surface area contributed by atoms with Gasteiger partial charge in [-0.25, -0.2) is 0 Å². The molecule has 0 fully saturated rings. The molecule has 0 N–H and O–H groups in total. The van der Waals surface area contributed by atoms with E-state index in [1.165, 1.54) is 98.0 Å². The van der Waals surface area contributed by atoms with Gasteiger partial charge in [0.1, 0.15) is 0 Å². The monoisotopic (exact) mass is 647 g/mol. The molecular weight excluding hydrogens is 619 g/mol. The normalized spacial score (nSPS) is 12.3. The van der Waals surface area contributed by atoms with Crippen LogP contribution in [0.15, 0.2) is 176 Å². The van der Waals surface area contributed by atoms with Gasteiger partial charge >= 0.3 is 0 Å². The average Bonchev–Trinajstić information content (AvgIpc) is 3.84. The van der Waals surface area contributed by atoms with Crippen molar-refractivity contribution in [2.24, 2.45) is 0 Å². The third-order valence-corrected chi connectivity index (χ3v) is 11.2. The summed E-state index contributed by atoms with van der Waals surface area (Å²) < 4.78 is 7.52. The van der Waals surface area contributed by atoms with Gasteiger partial charge in [-0.1, -0.05) is 127 Å². The predicted molar refractivity (Wildman–Crippen MR) is 217 cm³/mol. The molecule has 0 saturated heterocycles. The Balaban J connectivity index is 1.53. The first-order valence-corrected chi connectivity index (χ1v) is 17.6. The highest BCUT2D eigenvalue weighted by Gasteiger charge is 2.21. The lowest BCUT2D eigenvalue weighted by Crippen LogP contribution is -1.94. The fraction of sp³-hybridized carbons (Fsp3) is 0. The molecule has 0 aliphatic rings. The molecule has 0 spiro atoms. The van der Waals surface area contributed by atoms with Crippen molar-refractivity contribution >= 4 is 98.0 Å². The highest BCUT2D eigenvalue weighted by atomic mass is 15.0. The minimum absolute atomic E-state index is 1.16. The van der Waals surface area contributed by atoms with Gasteiger partial charge in [0.15, 0.2) is 0 Å². The Bertz CT molecular complexity index is 3470. The second kappa shape index (κ2) is 9.87. The number of nitrogens with zero attached hydrogens (tertiary/aromatic N) is 3. The van der Waals surface area contributed by atoms with Crippen LogP contribution < -0.4 is 0 Å². The SMILES string of the molecule is c1ccc(-n2c3ccccc3c3c4c5ccccc5n5c6ccccc6c6cccc(c7cccc8c9ccccc9n(c4ccc32)c87)c65)cc1. The van der Waals surface area contributed by atoms with Crippen LogP contribution in [0.2, 0.25) is 0 Å². The van der Waals surface area contributed by atoms with Crippen molar-refractivity contribution < 1.29 is 0 Å². The summed E-state index contributed by atoms with van der Waals surface area (Å²) in [5.74, 6) is 0. The molecule has 4 heterocycles. The summed E-state index contributed by atoms with van der Waals surface area (Å²) in [7, 11) is 0. The Morgan fingerprint density at radius 2 is 0.608 bits per heavy atom. The van der Waals surface area contributed by atoms with E-state index in [9.17, 15) is 0 Å². The standard InChI is InChI=1S/C48H29N3/c1-2-14-30(15-3-1)49-41-26-10-6-18-37(41)45-43(49)28-29-44-46(45)38-19-7-11-27-42(38)50-39-24-8-4-16-31(39)33-20-12-22-35(47(33)50)36-23-13-21-34-32-17-5-9-25-40(32)51(44)48(34)36/h1-29H. The average molecular weight is 648 g/mol. The molecule has 236 valence electrons. The van der Waals surface area contributed by atoms with Crippen LogP contribution in [0.3, 0.4) is 0 Å². The van der Waals surface area contributed by atoms with E-state index in [4.69, 9.17) is 0 Å². The molecule has 12 rings (SSSR count). The number of rotatable bonds is 1. The van der Waals surface area contributed by atoms with Crippen molar-refractivity contribution in [2.45, 2.75) is 0 Å². The molecule has 0 atom stereocenters. The number of fused-ring (bicyclic) bond motifs is 16. The second-order valence-corrected chi connectivity index (χ2v) is 13.7. The van der Waals surface area contributed by atoms with Gasteiger partial charge in [0, 0.05) is 59.5 Å². The molecule has 0 bridgehead atoms. The summed E-state index contributed by atoms with van der Waals surface area (Å²) in [5, 5.41) is 12.4. The highest BCUT2D eigenvalue weighted by Crippen LogP contribution is 2.43. The molecule has 12 aromatic rings. The first-order chi connectivity index (χ1) is 25.4. The zero-order chi connectivity index (χ0) is 33.2. The molecule has 0 unspecified atom stereocenters. The van der Waals surface area contributed by atoms with E-state index < -0.39 is 0 Å². The minimum Gasteiger partial charge on any atom is -0.309 e. The van der Waals surface area contributed by atoms with Gasteiger partial charge in [0.25, 0.3) is 0 Å². The van der Waals surface area contributed by atoms with Gasteiger partial charge in [-0.15, -0.1) is 0 Å². The predicted octanol–water partition coefficient (Wildman–Crippen LogP) is 12.8. The van der Waals surface area contributed by atoms with E-state index in [2.05, 4.69) is 189 Å². The van der Waals surface area contributed by atoms with Crippen LogP contribution in [0.5, 0.6) is 0 Å². The maximum atomic E-state index is 2.55. The fourth-order valence-corrected chi connectivity index (χ4v) is 9.22. The van der Waals surface area contributed by atoms with E-state index in [1.807, 2.05) is 0 Å². The molecular formula is C48H29N3. The molecule has 51 heavy (non-hydrogen) atoms. The molecule has 3 nitrogen and oxygen atoms in total. The Morgan fingerprint density at radius 3 is 1.20 bits per heavy atom. The quantitative estimate of drug-likeness (QED) is 0.168. The van der Waals surface area contributed by atoms with Crippen LogP contribution >= 0.6 is 0 Å². The van der Waals surface area contributed by atoms with Crippen LogP contribution in [0, 0.1) is 0 Å². The summed E-state index contributed by atoms with van der Waals surface area (Å²) in [6.45, 7) is 0. The third kappa shape index (κ3) is 3.42. The lowest BCUT2D eigenvalue weighted by atomic mass is 10.0. The second-order valence-electron chi connectivity index (χ2n) is 13.7. The molecule has 0 radical (unpaired) electrons. The summed E-state index contributed by atoms with van der Waals surface area (Å²) in [5.41, 5.74) is 10.8. The number of hydrogen-bond acceptors (Lipinski definition) is 0. The van der Waals surface area contributed by atoms with Crippen molar-refractivity contribution in [3.63, 3.8) is 0 Å². The van der Waals surface area contributed by atoms with Crippen LogP contribution in [0.1, 0.15) is 0 Å². The van der Waals surface area contributed by atoms with Crippen LogP contribution in [-0.4, -0.2) is 13.4 Å². The van der Waals surface area contributed by atoms with E-state index in [0.29, 0.717) is 0 Å². The first-order valence-electron chi connectivity index (χ1n) is 17.6. The lowest BCUT2D eigenvalue weighted by Gasteiger charge is -2.12. The number of benzene rings is 8. The van der Waals surface area contributed by atoms with Gasteiger partial charge in [0.05, 0.1) is 44.1 Å². The van der Waals surface area contributed by atoms with Gasteiger partial charge in [-0.05, 0) is 48.5 Å². The molecule has 0 aliphatic carbocycles. The molecule has 4 aromatic heterocycles. The van der Waals surface area contributed by atoms with Gasteiger partial charge in [-0.3, -0.25) is 0 Å². The van der Waals surface area contributed by atoms with E-state index in [-0.39, 0.29) is 0 Å². The largest absolute Gasteiger partial charge is 0.309 e. The first kappa shape index (κ1) is 27.0. The minimum atomic E-state index is 1.16. The molecule has 0 saturated carbocycles. The molecule has 8 aromatic carbocycles. The molecule has 0 amide bonds. The summed E-state index contributed by atoms with van der Waals surface area (Å²) in [6, 6.07) is 64.9. The topological polar surface area (TPSA) is 13.8 Å². The van der Waals surface area contributed by atoms with E-state index in [1.54, 1.807) is 0 Å². The van der Waals surface area contributed by atoms with Crippen molar-refractivity contribution in [3.05, 3.63) is 176 Å². The van der Waals surface area contributed by atoms with E-state index in [0.717, 1.165) is 5.69 Å². The van der Waals surface area contributed by atoms with Crippen molar-refractivity contribution in [2.75, 3.05) is 0 Å². The lowest BCUT2D eigenvalue weighted by molar-refractivity contribution is 1.18. The Kier molecular flexibility index (Phi) is 5.23. The summed E-state index contributed by atoms with van der Waals surface area (Å²) >= 11 is 0. The summed E-state index contributed by atoms with van der Waals surface area (Å²) in [4.78, 5) is 0. The third-order valence-electron chi connectivity index (χ3n) is 11.2. The van der Waals surface area contributed by atoms with Crippen molar-refractivity contribution in [1.82, 2.24) is 13.4 Å². The molecule has 3 heteroatoms. The Labute approximate surface area is 292 Å². The van der Waals surface area contributed by atoms with Gasteiger partial charge < -0.3 is 13.4 Å². The number of para-hydroxylation sites is 7. The Hall–Kier alpha value is -6.84. The smallest absolute Gasteiger partial charge is 0.0620 e. The van der Waals surface area contributed by atoms with Crippen molar-refractivity contribution in [1.29, 1.82) is 0 Å². The van der Waals surface area contributed by atoms with E-state index >= 15 is 0 Å². The maximum Gasteiger partial charge on any atom is 0.0620 e. The van der Waals surface area contributed by atoms with Crippen LogP contribution in [-0.2, 0) is 0 Å². The number of aromatic nitrogens is 3. The molecule has 0 aliphatic heterocycles. The van der Waals surface area contributed by atoms with Gasteiger partial charge in [-0.2, -0.15) is 0 Å². The summed E-state index contributed by atoms with van der Waals surface area (Å²) in [6.07, 6.45) is 0. The van der Waals surface area contributed by atoms with Crippen LogP contribution in [0.25, 0.3) is 104 Å².